The Morgan fingerprint density at radius 1 is 1.35 bits per heavy atom. The van der Waals surface area contributed by atoms with Gasteiger partial charge >= 0.3 is 0 Å². The van der Waals surface area contributed by atoms with Crippen LogP contribution in [0.25, 0.3) is 0 Å². The van der Waals surface area contributed by atoms with Crippen LogP contribution in [0.2, 0.25) is 0 Å². The number of hydrogen-bond acceptors (Lipinski definition) is 7. The highest BCUT2D eigenvalue weighted by atomic mass is 16.2. The molecule has 0 bridgehead atoms. The van der Waals surface area contributed by atoms with Crippen molar-refractivity contribution in [2.24, 2.45) is 5.84 Å². The van der Waals surface area contributed by atoms with E-state index in [2.05, 4.69) is 15.4 Å². The molecule has 86 valence electrons. The Morgan fingerprint density at radius 2 is 2.00 bits per heavy atom. The molecule has 1 aromatic rings. The topological polar surface area (TPSA) is 132 Å². The first-order valence-electron chi connectivity index (χ1n) is 4.54. The predicted molar refractivity (Wildman–Crippen MR) is 57.0 cm³/mol. The van der Waals surface area contributed by atoms with E-state index in [4.69, 9.17) is 16.4 Å². The summed E-state index contributed by atoms with van der Waals surface area (Å²) in [7, 11) is 0. The Morgan fingerprint density at radius 3 is 2.41 bits per heavy atom. The van der Waals surface area contributed by atoms with E-state index in [1.807, 2.05) is 0 Å². The maximum atomic E-state index is 11.8. The van der Waals surface area contributed by atoms with Gasteiger partial charge in [-0.25, -0.2) is 15.8 Å². The minimum Gasteiger partial charge on any atom is -0.311 e. The maximum absolute atomic E-state index is 11.8. The van der Waals surface area contributed by atoms with Crippen molar-refractivity contribution in [1.82, 2.24) is 14.9 Å². The monoisotopic (exact) mass is 231 g/mol. The van der Waals surface area contributed by atoms with Gasteiger partial charge in [0.2, 0.25) is 0 Å². The minimum absolute atomic E-state index is 0.0505. The molecule has 1 heterocycles. The first-order valence-corrected chi connectivity index (χ1v) is 4.54. The number of anilines is 1. The van der Waals surface area contributed by atoms with E-state index in [0.29, 0.717) is 5.82 Å². The van der Waals surface area contributed by atoms with Gasteiger partial charge in [-0.1, -0.05) is 0 Å². The highest BCUT2D eigenvalue weighted by Crippen LogP contribution is 2.03. The lowest BCUT2D eigenvalue weighted by Gasteiger charge is -2.14. The van der Waals surface area contributed by atoms with Gasteiger partial charge in [-0.2, -0.15) is 10.5 Å². The number of carbonyl (C=O) groups is 1. The van der Waals surface area contributed by atoms with E-state index in [1.165, 1.54) is 12.4 Å². The Hall–Kier alpha value is -2.71. The fourth-order valence-electron chi connectivity index (χ4n) is 1.05. The number of nitrogens with zero attached hydrogens (tertiary/aromatic N) is 5. The van der Waals surface area contributed by atoms with Crippen LogP contribution in [0.3, 0.4) is 0 Å². The van der Waals surface area contributed by atoms with Crippen molar-refractivity contribution < 1.29 is 4.79 Å². The molecular weight excluding hydrogens is 222 g/mol. The van der Waals surface area contributed by atoms with E-state index in [-0.39, 0.29) is 18.8 Å². The Kier molecular flexibility index (Phi) is 4.36. The number of amides is 1. The fraction of sp³-hybridized carbons (Fsp3) is 0.222. The molecule has 0 radical (unpaired) electrons. The van der Waals surface area contributed by atoms with E-state index in [1.54, 1.807) is 12.1 Å². The summed E-state index contributed by atoms with van der Waals surface area (Å²) in [5.74, 6) is 4.89. The summed E-state index contributed by atoms with van der Waals surface area (Å²) in [6, 6.07) is 3.60. The lowest BCUT2D eigenvalue weighted by Crippen LogP contribution is -2.32. The molecule has 0 saturated carbocycles. The van der Waals surface area contributed by atoms with Crippen LogP contribution in [0.1, 0.15) is 10.5 Å². The number of carbonyl (C=O) groups excluding carboxylic acids is 1. The number of rotatable bonds is 4. The molecule has 1 aromatic heterocycles. The summed E-state index contributed by atoms with van der Waals surface area (Å²) in [6.07, 6.45) is 2.50. The van der Waals surface area contributed by atoms with E-state index >= 15 is 0 Å². The predicted octanol–water partition coefficient (Wildman–Crippen LogP) is -0.748. The van der Waals surface area contributed by atoms with Gasteiger partial charge < -0.3 is 10.3 Å². The van der Waals surface area contributed by atoms with Gasteiger partial charge in [-0.15, -0.1) is 0 Å². The summed E-state index contributed by atoms with van der Waals surface area (Å²) in [5.41, 5.74) is 2.32. The van der Waals surface area contributed by atoms with Crippen LogP contribution in [0, 0.1) is 22.7 Å². The molecule has 1 amide bonds. The van der Waals surface area contributed by atoms with Crippen molar-refractivity contribution in [3.63, 3.8) is 0 Å². The van der Waals surface area contributed by atoms with Crippen LogP contribution in [0.5, 0.6) is 0 Å². The molecular formula is C9H9N7O. The summed E-state index contributed by atoms with van der Waals surface area (Å²) in [6.45, 7) is -0.351. The third-order valence-electron chi connectivity index (χ3n) is 1.83. The standard InChI is InChI=1S/C9H9N7O/c10-1-3-16(4-2-11)9(17)7-5-14-8(15-12)6-13-7/h5-6H,3-4,12H2,(H,14,15). The van der Waals surface area contributed by atoms with Gasteiger partial charge in [0.1, 0.15) is 18.8 Å². The summed E-state index contributed by atoms with van der Waals surface area (Å²) in [4.78, 5) is 20.5. The maximum Gasteiger partial charge on any atom is 0.275 e. The van der Waals surface area contributed by atoms with Crippen LogP contribution < -0.4 is 11.3 Å². The summed E-state index contributed by atoms with van der Waals surface area (Å²) < 4.78 is 0. The Labute approximate surface area is 97.3 Å². The smallest absolute Gasteiger partial charge is 0.275 e. The minimum atomic E-state index is -0.524. The zero-order valence-corrected chi connectivity index (χ0v) is 8.79. The quantitative estimate of drug-likeness (QED) is 0.396. The average Bonchev–Trinajstić information content (AvgIpc) is 2.38. The summed E-state index contributed by atoms with van der Waals surface area (Å²) >= 11 is 0. The third kappa shape index (κ3) is 3.12. The highest BCUT2D eigenvalue weighted by molar-refractivity contribution is 5.92. The van der Waals surface area contributed by atoms with Crippen molar-refractivity contribution in [3.05, 3.63) is 18.1 Å². The molecule has 0 aliphatic rings. The Balaban J connectivity index is 2.86. The lowest BCUT2D eigenvalue weighted by molar-refractivity contribution is 0.0788. The molecule has 0 aliphatic heterocycles. The molecule has 1 rings (SSSR count). The van der Waals surface area contributed by atoms with Crippen molar-refractivity contribution >= 4 is 11.7 Å². The highest BCUT2D eigenvalue weighted by Gasteiger charge is 2.16. The van der Waals surface area contributed by atoms with Crippen molar-refractivity contribution in [2.45, 2.75) is 0 Å². The van der Waals surface area contributed by atoms with Crippen LogP contribution in [-0.2, 0) is 0 Å². The van der Waals surface area contributed by atoms with E-state index in [0.717, 1.165) is 4.90 Å². The normalized spacial score (nSPS) is 8.88. The second-order valence-corrected chi connectivity index (χ2v) is 2.91. The van der Waals surface area contributed by atoms with Crippen molar-refractivity contribution in [3.8, 4) is 12.1 Å². The van der Waals surface area contributed by atoms with Crippen LogP contribution in [-0.4, -0.2) is 33.9 Å². The number of nitrogens with one attached hydrogen (secondary N) is 1. The average molecular weight is 231 g/mol. The number of nitriles is 2. The van der Waals surface area contributed by atoms with Gasteiger partial charge in [0.05, 0.1) is 24.5 Å². The molecule has 17 heavy (non-hydrogen) atoms. The second-order valence-electron chi connectivity index (χ2n) is 2.91. The van der Waals surface area contributed by atoms with Crippen molar-refractivity contribution in [2.75, 3.05) is 18.5 Å². The first kappa shape index (κ1) is 12.4. The number of nitrogen functional groups attached to an aromatic ring is 1. The van der Waals surface area contributed by atoms with E-state index < -0.39 is 5.91 Å². The number of nitrogens with two attached hydrogens (primary N) is 1. The number of hydrogen-bond donors (Lipinski definition) is 2. The van der Waals surface area contributed by atoms with Crippen LogP contribution in [0.15, 0.2) is 12.4 Å². The fourth-order valence-corrected chi connectivity index (χ4v) is 1.05. The molecule has 8 nitrogen and oxygen atoms in total. The molecule has 3 N–H and O–H groups in total. The van der Waals surface area contributed by atoms with Gasteiger partial charge in [0.25, 0.3) is 5.91 Å². The zero-order chi connectivity index (χ0) is 12.7. The summed E-state index contributed by atoms with van der Waals surface area (Å²) in [5, 5.41) is 17.1. The largest absolute Gasteiger partial charge is 0.311 e. The van der Waals surface area contributed by atoms with E-state index in [9.17, 15) is 4.79 Å². The van der Waals surface area contributed by atoms with Gasteiger partial charge in [0.15, 0.2) is 5.82 Å². The zero-order valence-electron chi connectivity index (χ0n) is 8.79. The number of aromatic nitrogens is 2. The molecule has 0 fully saturated rings. The SMILES string of the molecule is N#CCN(CC#N)C(=O)c1cnc(NN)cn1. The van der Waals surface area contributed by atoms with Gasteiger partial charge in [0, 0.05) is 0 Å². The third-order valence-corrected chi connectivity index (χ3v) is 1.83. The van der Waals surface area contributed by atoms with Gasteiger partial charge in [-0.3, -0.25) is 4.79 Å². The molecule has 0 saturated heterocycles. The Bertz CT molecular complexity index is 454. The molecule has 0 spiro atoms. The van der Waals surface area contributed by atoms with Crippen molar-refractivity contribution in [1.29, 1.82) is 10.5 Å². The molecule has 0 aromatic carbocycles. The van der Waals surface area contributed by atoms with Gasteiger partial charge in [-0.05, 0) is 0 Å². The second kappa shape index (κ2) is 6.00. The molecule has 0 unspecified atom stereocenters. The van der Waals surface area contributed by atoms with Crippen LogP contribution in [0.4, 0.5) is 5.82 Å². The molecule has 0 atom stereocenters. The first-order chi connectivity index (χ1) is 8.22. The molecule has 0 aliphatic carbocycles. The molecule has 8 heteroatoms. The number of hydrazine groups is 1. The lowest BCUT2D eigenvalue weighted by atomic mass is 10.3. The van der Waals surface area contributed by atoms with Crippen LogP contribution >= 0.6 is 0 Å².